The van der Waals surface area contributed by atoms with Gasteiger partial charge in [-0.15, -0.1) is 0 Å². The van der Waals surface area contributed by atoms with Crippen LogP contribution in [0, 0.1) is 6.92 Å². The molecular weight excluding hydrogens is 330 g/mol. The van der Waals surface area contributed by atoms with Crippen molar-refractivity contribution < 1.29 is 14.3 Å². The number of aryl methyl sites for hydroxylation is 1. The highest BCUT2D eigenvalue weighted by Crippen LogP contribution is 2.30. The fraction of sp³-hybridized carbons (Fsp3) is 0.500. The fourth-order valence-corrected chi connectivity index (χ4v) is 3.83. The van der Waals surface area contributed by atoms with Crippen molar-refractivity contribution in [3.63, 3.8) is 0 Å². The average molecular weight is 357 g/mol. The SMILES string of the molecule is COC(=O)C1=C(CN2CCCCC2C)NC(=O)NC1c1ccccc1C. The van der Waals surface area contributed by atoms with Gasteiger partial charge < -0.3 is 15.4 Å². The molecule has 0 aromatic heterocycles. The van der Waals surface area contributed by atoms with Crippen LogP contribution in [0.2, 0.25) is 0 Å². The van der Waals surface area contributed by atoms with E-state index in [1.54, 1.807) is 0 Å². The molecule has 0 saturated carbocycles. The van der Waals surface area contributed by atoms with Crippen LogP contribution < -0.4 is 10.6 Å². The standard InChI is InChI=1S/C20H27N3O3/c1-13-8-4-5-10-15(13)18-17(19(24)26-3)16(21-20(25)22-18)12-23-11-7-6-9-14(23)2/h4-5,8,10,14,18H,6-7,9,11-12H2,1-3H3,(H2,21,22,25). The Kier molecular flexibility index (Phi) is 5.61. The van der Waals surface area contributed by atoms with E-state index in [-0.39, 0.29) is 6.03 Å². The minimum absolute atomic E-state index is 0.287. The summed E-state index contributed by atoms with van der Waals surface area (Å²) < 4.78 is 5.06. The molecule has 6 heteroatoms. The lowest BCUT2D eigenvalue weighted by Crippen LogP contribution is -2.50. The molecule has 0 radical (unpaired) electrons. The number of nitrogens with one attached hydrogen (secondary N) is 2. The highest BCUT2D eigenvalue weighted by Gasteiger charge is 2.35. The summed E-state index contributed by atoms with van der Waals surface area (Å²) in [5.41, 5.74) is 3.06. The van der Waals surface area contributed by atoms with Gasteiger partial charge in [-0.2, -0.15) is 0 Å². The van der Waals surface area contributed by atoms with E-state index < -0.39 is 12.0 Å². The summed E-state index contributed by atoms with van der Waals surface area (Å²) in [6.45, 7) is 5.68. The van der Waals surface area contributed by atoms with E-state index in [0.717, 1.165) is 30.5 Å². The third kappa shape index (κ3) is 3.75. The van der Waals surface area contributed by atoms with Crippen molar-refractivity contribution in [2.75, 3.05) is 20.2 Å². The Bertz CT molecular complexity index is 729. The van der Waals surface area contributed by atoms with Crippen LogP contribution in [0.25, 0.3) is 0 Å². The molecule has 2 aliphatic rings. The number of carbonyl (C=O) groups excluding carboxylic acids is 2. The van der Waals surface area contributed by atoms with E-state index in [1.165, 1.54) is 13.5 Å². The molecule has 1 fully saturated rings. The molecular formula is C20H27N3O3. The number of hydrogen-bond donors (Lipinski definition) is 2. The Morgan fingerprint density at radius 2 is 2.08 bits per heavy atom. The number of benzene rings is 1. The van der Waals surface area contributed by atoms with Crippen LogP contribution in [0.5, 0.6) is 0 Å². The maximum atomic E-state index is 12.6. The van der Waals surface area contributed by atoms with Crippen molar-refractivity contribution in [1.29, 1.82) is 0 Å². The molecule has 1 aromatic rings. The molecule has 6 nitrogen and oxygen atoms in total. The average Bonchev–Trinajstić information content (AvgIpc) is 2.63. The van der Waals surface area contributed by atoms with Crippen LogP contribution in [-0.4, -0.2) is 43.1 Å². The lowest BCUT2D eigenvalue weighted by atomic mass is 9.91. The lowest BCUT2D eigenvalue weighted by molar-refractivity contribution is -0.136. The van der Waals surface area contributed by atoms with Crippen LogP contribution in [0.1, 0.15) is 43.4 Å². The molecule has 26 heavy (non-hydrogen) atoms. The van der Waals surface area contributed by atoms with E-state index >= 15 is 0 Å². The van der Waals surface area contributed by atoms with E-state index in [9.17, 15) is 9.59 Å². The number of hydrogen-bond acceptors (Lipinski definition) is 4. The van der Waals surface area contributed by atoms with Gasteiger partial charge in [0.25, 0.3) is 0 Å². The van der Waals surface area contributed by atoms with Crippen LogP contribution in [0.15, 0.2) is 35.5 Å². The molecule has 2 N–H and O–H groups in total. The zero-order valence-corrected chi connectivity index (χ0v) is 15.7. The summed E-state index contributed by atoms with van der Waals surface area (Å²) >= 11 is 0. The van der Waals surface area contributed by atoms with Gasteiger partial charge in [0.05, 0.1) is 18.7 Å². The van der Waals surface area contributed by atoms with Crippen LogP contribution in [-0.2, 0) is 9.53 Å². The van der Waals surface area contributed by atoms with Crippen molar-refractivity contribution >= 4 is 12.0 Å². The maximum absolute atomic E-state index is 12.6. The Morgan fingerprint density at radius 3 is 2.77 bits per heavy atom. The predicted molar refractivity (Wildman–Crippen MR) is 99.5 cm³/mol. The van der Waals surface area contributed by atoms with Gasteiger partial charge in [0.1, 0.15) is 0 Å². The van der Waals surface area contributed by atoms with Crippen molar-refractivity contribution in [1.82, 2.24) is 15.5 Å². The van der Waals surface area contributed by atoms with Gasteiger partial charge in [-0.25, -0.2) is 9.59 Å². The van der Waals surface area contributed by atoms with Crippen molar-refractivity contribution in [2.45, 2.75) is 45.2 Å². The van der Waals surface area contributed by atoms with Crippen molar-refractivity contribution in [3.8, 4) is 0 Å². The third-order valence-corrected chi connectivity index (χ3v) is 5.36. The minimum Gasteiger partial charge on any atom is -0.466 e. The van der Waals surface area contributed by atoms with Crippen molar-refractivity contribution in [3.05, 3.63) is 46.7 Å². The number of rotatable bonds is 4. The summed E-state index contributed by atoms with van der Waals surface area (Å²) in [6, 6.07) is 7.41. The summed E-state index contributed by atoms with van der Waals surface area (Å²) in [7, 11) is 1.38. The first-order chi connectivity index (χ1) is 12.5. The molecule has 1 saturated heterocycles. The normalized spacial score (nSPS) is 24.0. The van der Waals surface area contributed by atoms with Crippen LogP contribution in [0.3, 0.4) is 0 Å². The number of carbonyl (C=O) groups is 2. The summed E-state index contributed by atoms with van der Waals surface area (Å²) in [5.74, 6) is -0.412. The smallest absolute Gasteiger partial charge is 0.338 e. The molecule has 3 rings (SSSR count). The number of piperidine rings is 1. The molecule has 2 unspecified atom stereocenters. The number of amides is 2. The van der Waals surface area contributed by atoms with Crippen LogP contribution in [0.4, 0.5) is 4.79 Å². The van der Waals surface area contributed by atoms with Gasteiger partial charge in [0.15, 0.2) is 0 Å². The number of ether oxygens (including phenoxy) is 1. The third-order valence-electron chi connectivity index (χ3n) is 5.36. The highest BCUT2D eigenvalue weighted by atomic mass is 16.5. The zero-order valence-electron chi connectivity index (χ0n) is 15.7. The molecule has 140 valence electrons. The van der Waals surface area contributed by atoms with Gasteiger partial charge >= 0.3 is 12.0 Å². The number of urea groups is 1. The van der Waals surface area contributed by atoms with Gasteiger partial charge in [0, 0.05) is 18.3 Å². The number of likely N-dealkylation sites (tertiary alicyclic amines) is 1. The second-order valence-electron chi connectivity index (χ2n) is 7.09. The molecule has 0 aliphatic carbocycles. The maximum Gasteiger partial charge on any atom is 0.338 e. The first-order valence-corrected chi connectivity index (χ1v) is 9.19. The zero-order chi connectivity index (χ0) is 18.7. The van der Waals surface area contributed by atoms with Gasteiger partial charge in [-0.1, -0.05) is 30.7 Å². The minimum atomic E-state index is -0.507. The topological polar surface area (TPSA) is 70.7 Å². The number of nitrogens with zero attached hydrogens (tertiary/aromatic N) is 1. The quantitative estimate of drug-likeness (QED) is 0.813. The van der Waals surface area contributed by atoms with E-state index in [2.05, 4.69) is 22.5 Å². The summed E-state index contributed by atoms with van der Waals surface area (Å²) in [4.78, 5) is 27.3. The van der Waals surface area contributed by atoms with Crippen molar-refractivity contribution in [2.24, 2.45) is 0 Å². The summed E-state index contributed by atoms with van der Waals surface area (Å²) in [5, 5.41) is 5.75. The second-order valence-corrected chi connectivity index (χ2v) is 7.09. The van der Waals surface area contributed by atoms with Gasteiger partial charge in [-0.05, 0) is 44.4 Å². The second kappa shape index (κ2) is 7.91. The van der Waals surface area contributed by atoms with E-state index in [4.69, 9.17) is 4.74 Å². The monoisotopic (exact) mass is 357 g/mol. The Morgan fingerprint density at radius 1 is 1.31 bits per heavy atom. The van der Waals surface area contributed by atoms with E-state index in [0.29, 0.717) is 23.9 Å². The molecule has 2 aliphatic heterocycles. The number of methoxy groups -OCH3 is 1. The largest absolute Gasteiger partial charge is 0.466 e. The predicted octanol–water partition coefficient (Wildman–Crippen LogP) is 2.65. The Labute approximate surface area is 154 Å². The number of esters is 1. The fourth-order valence-electron chi connectivity index (χ4n) is 3.83. The Balaban J connectivity index is 2.01. The molecule has 2 heterocycles. The summed E-state index contributed by atoms with van der Waals surface area (Å²) in [6.07, 6.45) is 3.49. The van der Waals surface area contributed by atoms with Crippen LogP contribution >= 0.6 is 0 Å². The molecule has 0 spiro atoms. The first-order valence-electron chi connectivity index (χ1n) is 9.19. The molecule has 2 atom stereocenters. The molecule has 0 bridgehead atoms. The van der Waals surface area contributed by atoms with Gasteiger partial charge in [-0.3, -0.25) is 4.90 Å². The molecule has 2 amide bonds. The Hall–Kier alpha value is -2.34. The first kappa shape index (κ1) is 18.5. The molecule has 1 aromatic carbocycles. The lowest BCUT2D eigenvalue weighted by Gasteiger charge is -2.37. The van der Waals surface area contributed by atoms with E-state index in [1.807, 2.05) is 31.2 Å². The highest BCUT2D eigenvalue weighted by molar-refractivity contribution is 5.95. The van der Waals surface area contributed by atoms with Gasteiger partial charge in [0.2, 0.25) is 0 Å².